The maximum absolute atomic E-state index is 12.0. The Bertz CT molecular complexity index is 641. The molecule has 0 radical (unpaired) electrons. The second kappa shape index (κ2) is 11.7. The van der Waals surface area contributed by atoms with Crippen molar-refractivity contribution in [2.24, 2.45) is 11.8 Å². The zero-order valence-corrected chi connectivity index (χ0v) is 17.9. The molecule has 7 heteroatoms. The molecule has 0 bridgehead atoms. The number of rotatable bonds is 8. The molecule has 1 aromatic carbocycles. The number of carbonyl (C=O) groups is 1. The van der Waals surface area contributed by atoms with Crippen molar-refractivity contribution in [2.75, 3.05) is 13.2 Å². The van der Waals surface area contributed by atoms with Gasteiger partial charge in [0.1, 0.15) is 0 Å². The van der Waals surface area contributed by atoms with Crippen molar-refractivity contribution < 1.29 is 14.3 Å². The number of carbonyl (C=O) groups excluding carboxylic acids is 1. The first kappa shape index (κ1) is 22.3. The molecular weight excluding hydrogens is 374 g/mol. The van der Waals surface area contributed by atoms with Crippen LogP contribution in [0.25, 0.3) is 0 Å². The Morgan fingerprint density at radius 2 is 1.86 bits per heavy atom. The summed E-state index contributed by atoms with van der Waals surface area (Å²) in [5, 5.41) is 3.80. The molecular formula is C21H33N3O3S. The Labute approximate surface area is 173 Å². The average molecular weight is 408 g/mol. The molecule has 156 valence electrons. The lowest BCUT2D eigenvalue weighted by Crippen LogP contribution is -2.52. The molecule has 1 aliphatic rings. The van der Waals surface area contributed by atoms with Crippen LogP contribution in [0.2, 0.25) is 0 Å². The highest BCUT2D eigenvalue weighted by molar-refractivity contribution is 7.80. The molecule has 0 heterocycles. The minimum atomic E-state index is -0.115. The first-order valence-corrected chi connectivity index (χ1v) is 10.6. The number of benzene rings is 1. The van der Waals surface area contributed by atoms with E-state index < -0.39 is 0 Å². The van der Waals surface area contributed by atoms with E-state index in [0.717, 1.165) is 12.2 Å². The molecule has 1 amide bonds. The Morgan fingerprint density at radius 3 is 2.57 bits per heavy atom. The standard InChI is InChI=1S/C21H33N3O3S/c1-4-26-18-11-5-6-12-19(18)27-14-8-13-20(25)23-24-21(28)22-17-10-7-9-15(2)16(17)3/h5-6,11-12,15-17H,4,7-10,13-14H2,1-3H3,(H,23,25)(H2,22,24,28)/t15-,16-,17+/m0/s1. The first-order chi connectivity index (χ1) is 13.5. The van der Waals surface area contributed by atoms with E-state index in [4.69, 9.17) is 21.7 Å². The highest BCUT2D eigenvalue weighted by Gasteiger charge is 2.27. The molecule has 0 unspecified atom stereocenters. The van der Waals surface area contributed by atoms with Gasteiger partial charge in [0.25, 0.3) is 0 Å². The Morgan fingerprint density at radius 1 is 1.14 bits per heavy atom. The van der Waals surface area contributed by atoms with Crippen LogP contribution in [-0.2, 0) is 4.79 Å². The summed E-state index contributed by atoms with van der Waals surface area (Å²) in [6.07, 6.45) is 4.55. The minimum absolute atomic E-state index is 0.115. The molecule has 0 aliphatic heterocycles. The summed E-state index contributed by atoms with van der Waals surface area (Å²) in [5.41, 5.74) is 5.47. The minimum Gasteiger partial charge on any atom is -0.490 e. The normalized spacial score (nSPS) is 21.5. The van der Waals surface area contributed by atoms with E-state index in [1.165, 1.54) is 12.8 Å². The topological polar surface area (TPSA) is 71.6 Å². The summed E-state index contributed by atoms with van der Waals surface area (Å²) in [5.74, 6) is 2.57. The smallest absolute Gasteiger partial charge is 0.238 e. The van der Waals surface area contributed by atoms with Crippen molar-refractivity contribution in [1.82, 2.24) is 16.2 Å². The molecule has 6 nitrogen and oxygen atoms in total. The predicted octanol–water partition coefficient (Wildman–Crippen LogP) is 3.56. The van der Waals surface area contributed by atoms with Crippen LogP contribution in [0.1, 0.15) is 52.9 Å². The van der Waals surface area contributed by atoms with Crippen LogP contribution in [-0.4, -0.2) is 30.3 Å². The highest BCUT2D eigenvalue weighted by Crippen LogP contribution is 2.29. The van der Waals surface area contributed by atoms with E-state index in [-0.39, 0.29) is 5.91 Å². The number of hydrogen-bond acceptors (Lipinski definition) is 4. The number of thiocarbonyl (C=S) groups is 1. The summed E-state index contributed by atoms with van der Waals surface area (Å²) in [7, 11) is 0. The molecule has 3 N–H and O–H groups in total. The number of amides is 1. The molecule has 28 heavy (non-hydrogen) atoms. The molecule has 0 saturated heterocycles. The third-order valence-electron chi connectivity index (χ3n) is 5.29. The summed E-state index contributed by atoms with van der Waals surface area (Å²) in [6, 6.07) is 7.90. The molecule has 0 spiro atoms. The van der Waals surface area contributed by atoms with Crippen LogP contribution in [0.5, 0.6) is 11.5 Å². The van der Waals surface area contributed by atoms with E-state index >= 15 is 0 Å². The number of ether oxygens (including phenoxy) is 2. The lowest BCUT2D eigenvalue weighted by molar-refractivity contribution is -0.121. The van der Waals surface area contributed by atoms with E-state index in [0.29, 0.717) is 54.8 Å². The molecule has 2 rings (SSSR count). The van der Waals surface area contributed by atoms with Gasteiger partial charge in [-0.1, -0.05) is 38.8 Å². The van der Waals surface area contributed by atoms with Gasteiger partial charge < -0.3 is 14.8 Å². The van der Waals surface area contributed by atoms with Gasteiger partial charge in [0.2, 0.25) is 5.91 Å². The SMILES string of the molecule is CCOc1ccccc1OCCCC(=O)NNC(=S)N[C@@H]1CCC[C@H](C)[C@@H]1C. The monoisotopic (exact) mass is 407 g/mol. The molecule has 1 saturated carbocycles. The maximum atomic E-state index is 12.0. The zero-order chi connectivity index (χ0) is 20.4. The third kappa shape index (κ3) is 7.19. The van der Waals surface area contributed by atoms with Crippen LogP contribution in [0.3, 0.4) is 0 Å². The quantitative estimate of drug-likeness (QED) is 0.348. The van der Waals surface area contributed by atoms with Crippen LogP contribution in [0.15, 0.2) is 24.3 Å². The summed E-state index contributed by atoms with van der Waals surface area (Å²) >= 11 is 5.31. The van der Waals surface area contributed by atoms with E-state index in [9.17, 15) is 4.79 Å². The van der Waals surface area contributed by atoms with Gasteiger partial charge in [0, 0.05) is 12.5 Å². The van der Waals surface area contributed by atoms with Crippen molar-refractivity contribution in [1.29, 1.82) is 0 Å². The number of hydrazine groups is 1. The zero-order valence-electron chi connectivity index (χ0n) is 17.1. The van der Waals surface area contributed by atoms with E-state index in [1.807, 2.05) is 31.2 Å². The molecule has 1 fully saturated rings. The molecule has 3 atom stereocenters. The highest BCUT2D eigenvalue weighted by atomic mass is 32.1. The number of para-hydroxylation sites is 2. The van der Waals surface area contributed by atoms with Gasteiger partial charge in [-0.15, -0.1) is 0 Å². The largest absolute Gasteiger partial charge is 0.490 e. The fourth-order valence-corrected chi connectivity index (χ4v) is 3.64. The van der Waals surface area contributed by atoms with Crippen LogP contribution in [0.4, 0.5) is 0 Å². The van der Waals surface area contributed by atoms with Crippen molar-refractivity contribution in [3.63, 3.8) is 0 Å². The Hall–Kier alpha value is -2.02. The van der Waals surface area contributed by atoms with Gasteiger partial charge in [0.05, 0.1) is 13.2 Å². The molecule has 1 aromatic rings. The van der Waals surface area contributed by atoms with Gasteiger partial charge in [-0.3, -0.25) is 15.6 Å². The van der Waals surface area contributed by atoms with Gasteiger partial charge in [-0.25, -0.2) is 0 Å². The third-order valence-corrected chi connectivity index (χ3v) is 5.51. The van der Waals surface area contributed by atoms with Crippen LogP contribution < -0.4 is 25.6 Å². The van der Waals surface area contributed by atoms with Crippen molar-refractivity contribution >= 4 is 23.2 Å². The predicted molar refractivity (Wildman–Crippen MR) is 115 cm³/mol. The maximum Gasteiger partial charge on any atom is 0.238 e. The Balaban J connectivity index is 1.62. The second-order valence-electron chi connectivity index (χ2n) is 7.35. The average Bonchev–Trinajstić information content (AvgIpc) is 2.68. The lowest BCUT2D eigenvalue weighted by atomic mass is 9.78. The number of nitrogens with one attached hydrogen (secondary N) is 3. The van der Waals surface area contributed by atoms with E-state index in [1.54, 1.807) is 0 Å². The van der Waals surface area contributed by atoms with Crippen molar-refractivity contribution in [2.45, 2.75) is 58.9 Å². The summed E-state index contributed by atoms with van der Waals surface area (Å²) < 4.78 is 11.2. The fourth-order valence-electron chi connectivity index (χ4n) is 3.44. The lowest BCUT2D eigenvalue weighted by Gasteiger charge is -2.35. The first-order valence-electron chi connectivity index (χ1n) is 10.2. The van der Waals surface area contributed by atoms with Crippen LogP contribution in [0, 0.1) is 11.8 Å². The summed E-state index contributed by atoms with van der Waals surface area (Å²) in [4.78, 5) is 12.0. The molecule has 1 aliphatic carbocycles. The fraction of sp³-hybridized carbons (Fsp3) is 0.619. The van der Waals surface area contributed by atoms with Gasteiger partial charge in [-0.05, 0) is 56.0 Å². The van der Waals surface area contributed by atoms with Crippen molar-refractivity contribution in [3.05, 3.63) is 24.3 Å². The second-order valence-corrected chi connectivity index (χ2v) is 7.76. The van der Waals surface area contributed by atoms with Crippen molar-refractivity contribution in [3.8, 4) is 11.5 Å². The van der Waals surface area contributed by atoms with Gasteiger partial charge in [0.15, 0.2) is 16.6 Å². The van der Waals surface area contributed by atoms with Gasteiger partial charge in [-0.2, -0.15) is 0 Å². The van der Waals surface area contributed by atoms with E-state index in [2.05, 4.69) is 30.0 Å². The van der Waals surface area contributed by atoms with Crippen LogP contribution >= 0.6 is 12.2 Å². The number of hydrogen-bond donors (Lipinski definition) is 3. The summed E-state index contributed by atoms with van der Waals surface area (Å²) in [6.45, 7) is 7.50. The Kier molecular flexibility index (Phi) is 9.34. The van der Waals surface area contributed by atoms with Gasteiger partial charge >= 0.3 is 0 Å². The molecule has 0 aromatic heterocycles.